The number of ether oxygens (including phenoxy) is 1. The number of alkyl halides is 3. The number of para-hydroxylation sites is 1. The summed E-state index contributed by atoms with van der Waals surface area (Å²) >= 11 is 0. The maximum Gasteiger partial charge on any atom is 0.416 e. The van der Waals surface area contributed by atoms with Gasteiger partial charge in [0.05, 0.1) is 24.9 Å². The van der Waals surface area contributed by atoms with Crippen LogP contribution in [0.4, 0.5) is 19.0 Å². The Morgan fingerprint density at radius 1 is 1.21 bits per heavy atom. The minimum Gasteiger partial charge on any atom is -0.496 e. The molecule has 7 nitrogen and oxygen atoms in total. The zero-order valence-electron chi connectivity index (χ0n) is 17.9. The highest BCUT2D eigenvalue weighted by Crippen LogP contribution is 2.30. The lowest BCUT2D eigenvalue weighted by Gasteiger charge is -2.10. The lowest BCUT2D eigenvalue weighted by Crippen LogP contribution is -2.28. The summed E-state index contributed by atoms with van der Waals surface area (Å²) in [7, 11) is 1.55. The van der Waals surface area contributed by atoms with Crippen molar-refractivity contribution in [3.8, 4) is 5.75 Å². The molecule has 0 aliphatic carbocycles. The molecule has 4 rings (SSSR count). The van der Waals surface area contributed by atoms with Gasteiger partial charge in [0.2, 0.25) is 6.10 Å². The molecule has 0 spiro atoms. The number of hydrogen-bond acceptors (Lipinski definition) is 5. The van der Waals surface area contributed by atoms with Crippen LogP contribution >= 0.6 is 0 Å². The SMILES string of the molecule is COc1ccccc1C1=NOC(C(=O)Nc2cc(C)n(Cc3cccc(C(F)(F)F)c3)n2)C1. The summed E-state index contributed by atoms with van der Waals surface area (Å²) in [6.07, 6.45) is -4.99. The highest BCUT2D eigenvalue weighted by Gasteiger charge is 2.31. The maximum atomic E-state index is 13.0. The van der Waals surface area contributed by atoms with Gasteiger partial charge in [0.25, 0.3) is 5.91 Å². The summed E-state index contributed by atoms with van der Waals surface area (Å²) in [4.78, 5) is 18.0. The van der Waals surface area contributed by atoms with E-state index in [4.69, 9.17) is 9.57 Å². The second kappa shape index (κ2) is 8.97. The van der Waals surface area contributed by atoms with E-state index >= 15 is 0 Å². The first-order valence-corrected chi connectivity index (χ1v) is 10.1. The lowest BCUT2D eigenvalue weighted by atomic mass is 10.0. The second-order valence-electron chi connectivity index (χ2n) is 7.55. The van der Waals surface area contributed by atoms with Crippen molar-refractivity contribution in [1.29, 1.82) is 0 Å². The molecule has 0 saturated carbocycles. The van der Waals surface area contributed by atoms with Crippen LogP contribution in [0.3, 0.4) is 0 Å². The average molecular weight is 458 g/mol. The van der Waals surface area contributed by atoms with Gasteiger partial charge in [-0.25, -0.2) is 0 Å². The molecule has 1 aromatic heterocycles. The molecule has 1 amide bonds. The van der Waals surface area contributed by atoms with Crippen LogP contribution in [0.5, 0.6) is 5.75 Å². The molecule has 2 aromatic carbocycles. The van der Waals surface area contributed by atoms with Gasteiger partial charge in [-0.05, 0) is 36.8 Å². The first kappa shape index (κ1) is 22.4. The molecule has 1 N–H and O–H groups in total. The monoisotopic (exact) mass is 458 g/mol. The van der Waals surface area contributed by atoms with Gasteiger partial charge >= 0.3 is 6.18 Å². The van der Waals surface area contributed by atoms with Gasteiger partial charge in [0.1, 0.15) is 5.75 Å². The van der Waals surface area contributed by atoms with Crippen molar-refractivity contribution in [1.82, 2.24) is 9.78 Å². The van der Waals surface area contributed by atoms with Crippen LogP contribution in [-0.2, 0) is 22.4 Å². The van der Waals surface area contributed by atoms with Crippen molar-refractivity contribution in [2.75, 3.05) is 12.4 Å². The van der Waals surface area contributed by atoms with E-state index in [0.717, 1.165) is 17.7 Å². The smallest absolute Gasteiger partial charge is 0.416 e. The van der Waals surface area contributed by atoms with Gasteiger partial charge in [0.15, 0.2) is 5.82 Å². The number of nitrogens with zero attached hydrogens (tertiary/aromatic N) is 3. The van der Waals surface area contributed by atoms with E-state index in [2.05, 4.69) is 15.6 Å². The summed E-state index contributed by atoms with van der Waals surface area (Å²) in [5, 5.41) is 11.0. The Hall–Kier alpha value is -3.82. The minimum absolute atomic E-state index is 0.132. The van der Waals surface area contributed by atoms with E-state index in [1.165, 1.54) is 10.7 Å². The van der Waals surface area contributed by atoms with Crippen LogP contribution in [0, 0.1) is 6.92 Å². The maximum absolute atomic E-state index is 13.0. The van der Waals surface area contributed by atoms with Crippen LogP contribution in [0.2, 0.25) is 0 Å². The van der Waals surface area contributed by atoms with Crippen molar-refractivity contribution in [3.63, 3.8) is 0 Å². The lowest BCUT2D eigenvalue weighted by molar-refractivity contribution is -0.137. The Kier molecular flexibility index (Phi) is 6.08. The quantitative estimate of drug-likeness (QED) is 0.594. The number of methoxy groups -OCH3 is 1. The fraction of sp³-hybridized carbons (Fsp3) is 0.261. The molecule has 0 radical (unpaired) electrons. The molecule has 33 heavy (non-hydrogen) atoms. The number of aromatic nitrogens is 2. The number of oxime groups is 1. The Morgan fingerprint density at radius 2 is 2.00 bits per heavy atom. The van der Waals surface area contributed by atoms with Crippen LogP contribution in [0.25, 0.3) is 0 Å². The number of benzene rings is 2. The summed E-state index contributed by atoms with van der Waals surface area (Å²) in [6, 6.07) is 14.0. The highest BCUT2D eigenvalue weighted by molar-refractivity contribution is 6.07. The van der Waals surface area contributed by atoms with Gasteiger partial charge in [-0.3, -0.25) is 9.48 Å². The summed E-state index contributed by atoms with van der Waals surface area (Å²) in [6.45, 7) is 1.89. The Labute approximate surface area is 187 Å². The van der Waals surface area contributed by atoms with Gasteiger partial charge in [-0.2, -0.15) is 18.3 Å². The molecule has 1 aliphatic rings. The van der Waals surface area contributed by atoms with Crippen molar-refractivity contribution in [2.24, 2.45) is 5.16 Å². The molecule has 3 aromatic rings. The zero-order chi connectivity index (χ0) is 23.6. The van der Waals surface area contributed by atoms with Gasteiger partial charge < -0.3 is 14.9 Å². The van der Waals surface area contributed by atoms with Crippen LogP contribution < -0.4 is 10.1 Å². The fourth-order valence-electron chi connectivity index (χ4n) is 3.52. The van der Waals surface area contributed by atoms with Crippen LogP contribution in [0.15, 0.2) is 59.8 Å². The number of rotatable bonds is 6. The number of anilines is 1. The molecule has 1 atom stereocenters. The largest absolute Gasteiger partial charge is 0.496 e. The molecule has 0 bridgehead atoms. The topological polar surface area (TPSA) is 77.7 Å². The van der Waals surface area contributed by atoms with Gasteiger partial charge in [0, 0.05) is 23.7 Å². The molecular formula is C23H21F3N4O3. The van der Waals surface area contributed by atoms with Crippen LogP contribution in [0.1, 0.15) is 28.8 Å². The molecule has 1 unspecified atom stereocenters. The third kappa shape index (κ3) is 5.00. The molecule has 1 aliphatic heterocycles. The van der Waals surface area contributed by atoms with Crippen molar-refractivity contribution >= 4 is 17.4 Å². The average Bonchev–Trinajstić information content (AvgIpc) is 3.40. The van der Waals surface area contributed by atoms with E-state index in [9.17, 15) is 18.0 Å². The second-order valence-corrected chi connectivity index (χ2v) is 7.55. The first-order chi connectivity index (χ1) is 15.7. The van der Waals surface area contributed by atoms with E-state index in [-0.39, 0.29) is 18.8 Å². The standard InChI is InChI=1S/C23H21F3N4O3/c1-14-10-21(28-30(14)13-15-6-5-7-16(11-15)23(24,25)26)27-22(31)20-12-18(29-33-20)17-8-3-4-9-19(17)32-2/h3-11,20H,12-13H2,1-2H3,(H,27,28,31). The third-order valence-corrected chi connectivity index (χ3v) is 5.20. The van der Waals surface area contributed by atoms with E-state index in [1.807, 2.05) is 18.2 Å². The van der Waals surface area contributed by atoms with Gasteiger partial charge in [-0.1, -0.05) is 29.4 Å². The Morgan fingerprint density at radius 3 is 2.76 bits per heavy atom. The Balaban J connectivity index is 1.41. The summed E-state index contributed by atoms with van der Waals surface area (Å²) in [5.74, 6) is 0.482. The number of amides is 1. The number of carbonyl (C=O) groups is 1. The number of aryl methyl sites for hydroxylation is 1. The van der Waals surface area contributed by atoms with E-state index in [0.29, 0.717) is 22.7 Å². The number of carbonyl (C=O) groups excluding carboxylic acids is 1. The predicted molar refractivity (Wildman–Crippen MR) is 115 cm³/mol. The van der Waals surface area contributed by atoms with E-state index < -0.39 is 23.8 Å². The first-order valence-electron chi connectivity index (χ1n) is 10.1. The van der Waals surface area contributed by atoms with Crippen molar-refractivity contribution in [3.05, 3.63) is 77.0 Å². The number of hydrogen-bond donors (Lipinski definition) is 1. The molecule has 0 fully saturated rings. The normalized spacial score (nSPS) is 15.7. The zero-order valence-corrected chi connectivity index (χ0v) is 17.9. The van der Waals surface area contributed by atoms with Gasteiger partial charge in [-0.15, -0.1) is 0 Å². The van der Waals surface area contributed by atoms with E-state index in [1.54, 1.807) is 32.2 Å². The molecular weight excluding hydrogens is 437 g/mol. The van der Waals surface area contributed by atoms with Crippen molar-refractivity contribution < 1.29 is 27.5 Å². The molecule has 172 valence electrons. The minimum atomic E-state index is -4.42. The van der Waals surface area contributed by atoms with Crippen molar-refractivity contribution in [2.45, 2.75) is 32.2 Å². The number of nitrogens with one attached hydrogen (secondary N) is 1. The molecule has 0 saturated heterocycles. The summed E-state index contributed by atoms with van der Waals surface area (Å²) < 4.78 is 45.7. The highest BCUT2D eigenvalue weighted by atomic mass is 19.4. The fourth-order valence-corrected chi connectivity index (χ4v) is 3.52. The Bertz CT molecular complexity index is 1200. The molecule has 10 heteroatoms. The number of halogens is 3. The molecule has 2 heterocycles. The third-order valence-electron chi connectivity index (χ3n) is 5.20. The predicted octanol–water partition coefficient (Wildman–Crippen LogP) is 4.40. The summed E-state index contributed by atoms with van der Waals surface area (Å²) in [5.41, 5.74) is 1.75. The van der Waals surface area contributed by atoms with Crippen LogP contribution in [-0.4, -0.2) is 34.6 Å².